The minimum Gasteiger partial charge on any atom is -0.493 e. The van der Waals surface area contributed by atoms with E-state index in [1.165, 1.54) is 33.4 Å². The summed E-state index contributed by atoms with van der Waals surface area (Å²) in [7, 11) is 3.45. The fourth-order valence-electron chi connectivity index (χ4n) is 5.36. The predicted octanol–water partition coefficient (Wildman–Crippen LogP) is 5.47. The van der Waals surface area contributed by atoms with Gasteiger partial charge in [0.15, 0.2) is 11.5 Å². The molecule has 0 saturated carbocycles. The van der Waals surface area contributed by atoms with Crippen LogP contribution in [0, 0.1) is 6.92 Å². The highest BCUT2D eigenvalue weighted by molar-refractivity contribution is 5.54. The molecular formula is C27H29NO2. The van der Waals surface area contributed by atoms with Gasteiger partial charge < -0.3 is 9.47 Å². The first-order valence-electron chi connectivity index (χ1n) is 10.8. The normalized spacial score (nSPS) is 20.1. The lowest BCUT2D eigenvalue weighted by atomic mass is 9.71. The molecule has 0 N–H and O–H groups in total. The van der Waals surface area contributed by atoms with E-state index in [9.17, 15) is 0 Å². The van der Waals surface area contributed by atoms with Gasteiger partial charge in [0.05, 0.1) is 14.2 Å². The Morgan fingerprint density at radius 2 is 1.60 bits per heavy atom. The van der Waals surface area contributed by atoms with Crippen molar-refractivity contribution in [1.29, 1.82) is 0 Å². The molecule has 3 aromatic carbocycles. The van der Waals surface area contributed by atoms with Crippen molar-refractivity contribution in [1.82, 2.24) is 4.90 Å². The maximum atomic E-state index is 5.68. The molecule has 0 unspecified atom stereocenters. The molecule has 3 heteroatoms. The second-order valence-electron chi connectivity index (χ2n) is 8.58. The van der Waals surface area contributed by atoms with Crippen molar-refractivity contribution < 1.29 is 9.47 Å². The average molecular weight is 400 g/mol. The summed E-state index contributed by atoms with van der Waals surface area (Å²) >= 11 is 0. The maximum Gasteiger partial charge on any atom is 0.161 e. The molecule has 0 fully saturated rings. The molecular weight excluding hydrogens is 370 g/mol. The van der Waals surface area contributed by atoms with E-state index in [2.05, 4.69) is 72.5 Å². The van der Waals surface area contributed by atoms with Gasteiger partial charge in [0.2, 0.25) is 0 Å². The van der Waals surface area contributed by atoms with Crippen LogP contribution in [0.3, 0.4) is 0 Å². The van der Waals surface area contributed by atoms with Crippen molar-refractivity contribution in [3.63, 3.8) is 0 Å². The first kappa shape index (κ1) is 19.2. The van der Waals surface area contributed by atoms with E-state index in [-0.39, 0.29) is 0 Å². The fourth-order valence-corrected chi connectivity index (χ4v) is 5.36. The maximum absolute atomic E-state index is 5.68. The van der Waals surface area contributed by atoms with Crippen LogP contribution in [0.4, 0.5) is 0 Å². The summed E-state index contributed by atoms with van der Waals surface area (Å²) in [5.74, 6) is 2.02. The Balaban J connectivity index is 1.63. The second kappa shape index (κ2) is 7.81. The lowest BCUT2D eigenvalue weighted by Gasteiger charge is -2.46. The van der Waals surface area contributed by atoms with E-state index in [1.807, 2.05) is 0 Å². The van der Waals surface area contributed by atoms with E-state index in [0.717, 1.165) is 37.4 Å². The van der Waals surface area contributed by atoms with Gasteiger partial charge in [-0.1, -0.05) is 54.1 Å². The highest BCUT2D eigenvalue weighted by Gasteiger charge is 2.40. The molecule has 3 aromatic rings. The minimum absolute atomic E-state index is 0.362. The Morgan fingerprint density at radius 1 is 0.867 bits per heavy atom. The van der Waals surface area contributed by atoms with Crippen molar-refractivity contribution >= 4 is 0 Å². The van der Waals surface area contributed by atoms with E-state index in [4.69, 9.17) is 9.47 Å². The standard InChI is InChI=1S/C27H29NO2/c1-18-9-10-21-17-28(16-19-7-5-4-6-8-19)24-12-11-20-14-25(29-2)26(30-3)15-23(20)27(24)22(21)13-18/h4-10,13-15,24,27H,11-12,16-17H2,1-3H3/t24-,27-/m1/s1. The van der Waals surface area contributed by atoms with E-state index in [0.29, 0.717) is 12.0 Å². The van der Waals surface area contributed by atoms with Gasteiger partial charge >= 0.3 is 0 Å². The monoisotopic (exact) mass is 399 g/mol. The topological polar surface area (TPSA) is 21.7 Å². The molecule has 0 saturated heterocycles. The highest BCUT2D eigenvalue weighted by Crippen LogP contribution is 2.47. The molecule has 2 aliphatic rings. The fraction of sp³-hybridized carbons (Fsp3) is 0.333. The first-order chi connectivity index (χ1) is 14.7. The third-order valence-corrected chi connectivity index (χ3v) is 6.78. The van der Waals surface area contributed by atoms with Crippen molar-refractivity contribution in [3.05, 3.63) is 94.0 Å². The van der Waals surface area contributed by atoms with Gasteiger partial charge in [0, 0.05) is 25.0 Å². The van der Waals surface area contributed by atoms with Crippen LogP contribution in [0.5, 0.6) is 11.5 Å². The number of benzene rings is 3. The predicted molar refractivity (Wildman–Crippen MR) is 120 cm³/mol. The summed E-state index contributed by atoms with van der Waals surface area (Å²) in [5, 5.41) is 0. The van der Waals surface area contributed by atoms with Gasteiger partial charge in [-0.2, -0.15) is 0 Å². The van der Waals surface area contributed by atoms with Crippen molar-refractivity contribution in [3.8, 4) is 11.5 Å². The van der Waals surface area contributed by atoms with E-state index in [1.54, 1.807) is 14.2 Å². The molecule has 5 rings (SSSR count). The van der Waals surface area contributed by atoms with Crippen LogP contribution in [0.1, 0.15) is 45.7 Å². The lowest BCUT2D eigenvalue weighted by molar-refractivity contribution is 0.132. The quantitative estimate of drug-likeness (QED) is 0.580. The van der Waals surface area contributed by atoms with Gasteiger partial charge in [-0.15, -0.1) is 0 Å². The molecule has 154 valence electrons. The summed E-state index contributed by atoms with van der Waals surface area (Å²) in [4.78, 5) is 2.68. The number of hydrogen-bond acceptors (Lipinski definition) is 3. The second-order valence-corrected chi connectivity index (χ2v) is 8.58. The SMILES string of the molecule is COc1cc2c(cc1OC)[C@H]1c3cc(C)ccc3CN(Cc3ccccc3)[C@@H]1CC2. The summed E-state index contributed by atoms with van der Waals surface area (Å²) in [6.45, 7) is 4.19. The Hall–Kier alpha value is -2.78. The zero-order valence-corrected chi connectivity index (χ0v) is 18.0. The van der Waals surface area contributed by atoms with Gasteiger partial charge in [-0.3, -0.25) is 4.90 Å². The molecule has 2 atom stereocenters. The molecule has 0 spiro atoms. The largest absolute Gasteiger partial charge is 0.493 e. The molecule has 0 bridgehead atoms. The van der Waals surface area contributed by atoms with Crippen molar-refractivity contribution in [2.45, 2.75) is 44.8 Å². The Morgan fingerprint density at radius 3 is 2.37 bits per heavy atom. The minimum atomic E-state index is 0.362. The Kier molecular flexibility index (Phi) is 5.00. The molecule has 1 aliphatic heterocycles. The van der Waals surface area contributed by atoms with E-state index >= 15 is 0 Å². The Labute approximate surface area is 179 Å². The third-order valence-electron chi connectivity index (χ3n) is 6.78. The number of aryl methyl sites for hydroxylation is 2. The summed E-state index contributed by atoms with van der Waals surface area (Å²) in [5.41, 5.74) is 8.43. The smallest absolute Gasteiger partial charge is 0.161 e. The van der Waals surface area contributed by atoms with E-state index < -0.39 is 0 Å². The number of methoxy groups -OCH3 is 2. The van der Waals surface area contributed by atoms with Crippen molar-refractivity contribution in [2.75, 3.05) is 14.2 Å². The number of fused-ring (bicyclic) bond motifs is 5. The van der Waals surface area contributed by atoms with Crippen LogP contribution >= 0.6 is 0 Å². The molecule has 0 aromatic heterocycles. The third kappa shape index (κ3) is 3.27. The summed E-state index contributed by atoms with van der Waals surface area (Å²) in [6.07, 6.45) is 2.23. The van der Waals surface area contributed by atoms with Crippen LogP contribution in [0.2, 0.25) is 0 Å². The number of hydrogen-bond donors (Lipinski definition) is 0. The Bertz CT molecular complexity index is 1060. The van der Waals surface area contributed by atoms with Gasteiger partial charge in [0.25, 0.3) is 0 Å². The zero-order valence-electron chi connectivity index (χ0n) is 18.0. The van der Waals surface area contributed by atoms with Crippen LogP contribution in [0.15, 0.2) is 60.7 Å². The van der Waals surface area contributed by atoms with Crippen LogP contribution in [-0.2, 0) is 19.5 Å². The number of ether oxygens (including phenoxy) is 2. The van der Waals surface area contributed by atoms with Gasteiger partial charge in [-0.05, 0) is 59.7 Å². The number of nitrogens with zero attached hydrogens (tertiary/aromatic N) is 1. The summed E-state index contributed by atoms with van der Waals surface area (Å²) < 4.78 is 11.3. The lowest BCUT2D eigenvalue weighted by Crippen LogP contribution is -2.45. The van der Waals surface area contributed by atoms with Crippen LogP contribution in [-0.4, -0.2) is 25.2 Å². The summed E-state index contributed by atoms with van der Waals surface area (Å²) in [6, 6.07) is 22.7. The molecule has 0 amide bonds. The molecule has 3 nitrogen and oxygen atoms in total. The molecule has 30 heavy (non-hydrogen) atoms. The van der Waals surface area contributed by atoms with Gasteiger partial charge in [0.1, 0.15) is 0 Å². The zero-order chi connectivity index (χ0) is 20.7. The number of rotatable bonds is 4. The highest BCUT2D eigenvalue weighted by atomic mass is 16.5. The van der Waals surface area contributed by atoms with Crippen LogP contribution in [0.25, 0.3) is 0 Å². The molecule has 0 radical (unpaired) electrons. The van der Waals surface area contributed by atoms with Crippen LogP contribution < -0.4 is 9.47 Å². The van der Waals surface area contributed by atoms with Gasteiger partial charge in [-0.25, -0.2) is 0 Å². The van der Waals surface area contributed by atoms with Crippen molar-refractivity contribution in [2.24, 2.45) is 0 Å². The average Bonchev–Trinajstić information content (AvgIpc) is 2.78. The molecule has 1 aliphatic carbocycles. The first-order valence-corrected chi connectivity index (χ1v) is 10.8. The molecule has 1 heterocycles.